The zero-order valence-corrected chi connectivity index (χ0v) is 18.3. The van der Waals surface area contributed by atoms with E-state index in [4.69, 9.17) is 0 Å². The van der Waals surface area contributed by atoms with E-state index in [1.807, 2.05) is 24.3 Å². The van der Waals surface area contributed by atoms with E-state index >= 15 is 0 Å². The molecule has 0 unspecified atom stereocenters. The molecule has 0 fully saturated rings. The van der Waals surface area contributed by atoms with Crippen molar-refractivity contribution in [3.05, 3.63) is 84.2 Å². The van der Waals surface area contributed by atoms with Crippen molar-refractivity contribution in [1.82, 2.24) is 10.2 Å². The standard InChI is InChI=1S/C25H20FN3O2S/c1-15(30)17-9-13-20(14-10-17)27-24(31)16(2)32-25-22-6-4-3-5-21(22)23(28-29-25)18-7-11-19(26)12-8-18/h3-14,16H,1-2H3,(H,27,31)/t16-/m1/s1. The van der Waals surface area contributed by atoms with Gasteiger partial charge in [-0.3, -0.25) is 9.59 Å². The van der Waals surface area contributed by atoms with Gasteiger partial charge in [0.1, 0.15) is 16.5 Å². The summed E-state index contributed by atoms with van der Waals surface area (Å²) in [4.78, 5) is 24.1. The largest absolute Gasteiger partial charge is 0.325 e. The Bertz CT molecular complexity index is 1290. The van der Waals surface area contributed by atoms with Gasteiger partial charge >= 0.3 is 0 Å². The van der Waals surface area contributed by atoms with Gasteiger partial charge in [-0.2, -0.15) is 0 Å². The van der Waals surface area contributed by atoms with Crippen LogP contribution in [0.4, 0.5) is 10.1 Å². The molecule has 0 bridgehead atoms. The number of nitrogens with one attached hydrogen (secondary N) is 1. The molecule has 1 atom stereocenters. The summed E-state index contributed by atoms with van der Waals surface area (Å²) in [7, 11) is 0. The summed E-state index contributed by atoms with van der Waals surface area (Å²) in [6.07, 6.45) is 0. The summed E-state index contributed by atoms with van der Waals surface area (Å²) in [5, 5.41) is 13.6. The Labute approximate surface area is 189 Å². The molecule has 0 saturated carbocycles. The molecular weight excluding hydrogens is 425 g/mol. The number of anilines is 1. The van der Waals surface area contributed by atoms with Crippen LogP contribution in [0.2, 0.25) is 0 Å². The highest BCUT2D eigenvalue weighted by Crippen LogP contribution is 2.33. The van der Waals surface area contributed by atoms with E-state index in [0.29, 0.717) is 22.0 Å². The maximum Gasteiger partial charge on any atom is 0.237 e. The summed E-state index contributed by atoms with van der Waals surface area (Å²) < 4.78 is 13.3. The number of carbonyl (C=O) groups excluding carboxylic acids is 2. The molecule has 1 aromatic heterocycles. The highest BCUT2D eigenvalue weighted by Gasteiger charge is 2.19. The molecule has 0 spiro atoms. The minimum atomic E-state index is -0.433. The summed E-state index contributed by atoms with van der Waals surface area (Å²) in [6.45, 7) is 3.30. The second kappa shape index (κ2) is 9.28. The monoisotopic (exact) mass is 445 g/mol. The van der Waals surface area contributed by atoms with E-state index in [9.17, 15) is 14.0 Å². The van der Waals surface area contributed by atoms with Gasteiger partial charge in [0, 0.05) is 27.6 Å². The number of ketones is 1. The number of thioether (sulfide) groups is 1. The first-order chi connectivity index (χ1) is 15.4. The molecule has 160 valence electrons. The minimum Gasteiger partial charge on any atom is -0.325 e. The van der Waals surface area contributed by atoms with Crippen molar-refractivity contribution in [1.29, 1.82) is 0 Å². The molecule has 4 aromatic rings. The lowest BCUT2D eigenvalue weighted by Gasteiger charge is -2.14. The molecule has 5 nitrogen and oxygen atoms in total. The highest BCUT2D eigenvalue weighted by molar-refractivity contribution is 8.00. The van der Waals surface area contributed by atoms with Gasteiger partial charge in [0.05, 0.1) is 5.25 Å². The fourth-order valence-electron chi connectivity index (χ4n) is 3.24. The maximum atomic E-state index is 13.3. The van der Waals surface area contributed by atoms with E-state index in [1.54, 1.807) is 43.3 Å². The quantitative estimate of drug-likeness (QED) is 0.302. The van der Waals surface area contributed by atoms with Crippen molar-refractivity contribution in [3.63, 3.8) is 0 Å². The van der Waals surface area contributed by atoms with Crippen molar-refractivity contribution in [3.8, 4) is 11.3 Å². The Morgan fingerprint density at radius 3 is 2.22 bits per heavy atom. The number of rotatable bonds is 6. The molecule has 4 rings (SSSR count). The SMILES string of the molecule is CC(=O)c1ccc(NC(=O)[C@@H](C)Sc2nnc(-c3ccc(F)cc3)c3ccccc23)cc1. The first-order valence-electron chi connectivity index (χ1n) is 10.0. The van der Waals surface area contributed by atoms with Gasteiger partial charge in [-0.1, -0.05) is 36.0 Å². The lowest BCUT2D eigenvalue weighted by Crippen LogP contribution is -2.22. The third kappa shape index (κ3) is 4.68. The fraction of sp³-hybridized carbons (Fsp3) is 0.120. The molecule has 0 aliphatic heterocycles. The summed E-state index contributed by atoms with van der Waals surface area (Å²) in [5.74, 6) is -0.519. The Morgan fingerprint density at radius 1 is 0.906 bits per heavy atom. The zero-order valence-electron chi connectivity index (χ0n) is 17.5. The Kier molecular flexibility index (Phi) is 6.28. The minimum absolute atomic E-state index is 0.0265. The average Bonchev–Trinajstić information content (AvgIpc) is 2.80. The molecule has 0 radical (unpaired) electrons. The molecule has 1 amide bonds. The second-order valence-corrected chi connectivity index (χ2v) is 8.62. The van der Waals surface area contributed by atoms with Gasteiger partial charge in [-0.25, -0.2) is 4.39 Å². The average molecular weight is 446 g/mol. The number of aromatic nitrogens is 2. The molecule has 1 heterocycles. The van der Waals surface area contributed by atoms with Gasteiger partial charge in [0.15, 0.2) is 5.78 Å². The van der Waals surface area contributed by atoms with Crippen LogP contribution in [0.15, 0.2) is 77.8 Å². The molecule has 0 aliphatic carbocycles. The van der Waals surface area contributed by atoms with E-state index < -0.39 is 5.25 Å². The third-order valence-corrected chi connectivity index (χ3v) is 6.08. The lowest BCUT2D eigenvalue weighted by molar-refractivity contribution is -0.115. The zero-order chi connectivity index (χ0) is 22.7. The second-order valence-electron chi connectivity index (χ2n) is 7.29. The van der Waals surface area contributed by atoms with E-state index in [1.165, 1.54) is 30.8 Å². The predicted molar refractivity (Wildman–Crippen MR) is 125 cm³/mol. The summed E-state index contributed by atoms with van der Waals surface area (Å²) in [5.41, 5.74) is 2.64. The van der Waals surface area contributed by atoms with Crippen LogP contribution in [0.3, 0.4) is 0 Å². The number of amides is 1. The molecule has 0 aliphatic rings. The summed E-state index contributed by atoms with van der Waals surface area (Å²) in [6, 6.07) is 20.6. The van der Waals surface area contributed by atoms with Crippen molar-refractivity contribution in [2.45, 2.75) is 24.1 Å². The van der Waals surface area contributed by atoms with Crippen molar-refractivity contribution in [2.24, 2.45) is 0 Å². The van der Waals surface area contributed by atoms with Crippen LogP contribution in [0, 0.1) is 5.82 Å². The number of halogens is 1. The maximum absolute atomic E-state index is 13.3. The Hall–Kier alpha value is -3.58. The Balaban J connectivity index is 1.56. The molecule has 3 aromatic carbocycles. The number of benzene rings is 3. The van der Waals surface area contributed by atoms with Crippen LogP contribution < -0.4 is 5.32 Å². The first kappa shape index (κ1) is 21.6. The smallest absolute Gasteiger partial charge is 0.237 e. The predicted octanol–water partition coefficient (Wildman–Crippen LogP) is 5.76. The van der Waals surface area contributed by atoms with Crippen LogP contribution in [0.1, 0.15) is 24.2 Å². The number of hydrogen-bond donors (Lipinski definition) is 1. The van der Waals surface area contributed by atoms with E-state index in [-0.39, 0.29) is 17.5 Å². The van der Waals surface area contributed by atoms with Crippen molar-refractivity contribution < 1.29 is 14.0 Å². The van der Waals surface area contributed by atoms with Crippen LogP contribution >= 0.6 is 11.8 Å². The fourth-order valence-corrected chi connectivity index (χ4v) is 4.13. The van der Waals surface area contributed by atoms with Crippen LogP contribution in [0.25, 0.3) is 22.0 Å². The molecule has 0 saturated heterocycles. The molecular formula is C25H20FN3O2S. The van der Waals surface area contributed by atoms with E-state index in [0.717, 1.165) is 16.3 Å². The normalized spacial score (nSPS) is 11.8. The summed E-state index contributed by atoms with van der Waals surface area (Å²) >= 11 is 1.32. The molecule has 7 heteroatoms. The Morgan fingerprint density at radius 2 is 1.56 bits per heavy atom. The highest BCUT2D eigenvalue weighted by atomic mass is 32.2. The molecule has 32 heavy (non-hydrogen) atoms. The number of hydrogen-bond acceptors (Lipinski definition) is 5. The number of nitrogens with zero attached hydrogens (tertiary/aromatic N) is 2. The van der Waals surface area contributed by atoms with Gasteiger partial charge in [0.25, 0.3) is 0 Å². The van der Waals surface area contributed by atoms with Crippen LogP contribution in [-0.2, 0) is 4.79 Å². The lowest BCUT2D eigenvalue weighted by atomic mass is 10.1. The first-order valence-corrected chi connectivity index (χ1v) is 10.9. The van der Waals surface area contributed by atoms with Gasteiger partial charge in [0.2, 0.25) is 5.91 Å². The van der Waals surface area contributed by atoms with Gasteiger partial charge in [-0.15, -0.1) is 10.2 Å². The van der Waals surface area contributed by atoms with Gasteiger partial charge < -0.3 is 5.32 Å². The van der Waals surface area contributed by atoms with Crippen LogP contribution in [0.5, 0.6) is 0 Å². The number of fused-ring (bicyclic) bond motifs is 1. The van der Waals surface area contributed by atoms with Crippen molar-refractivity contribution >= 4 is 39.9 Å². The topological polar surface area (TPSA) is 72.0 Å². The number of carbonyl (C=O) groups is 2. The number of Topliss-reactive ketones (excluding diaryl/α,β-unsaturated/α-hetero) is 1. The third-order valence-electron chi connectivity index (χ3n) is 4.99. The van der Waals surface area contributed by atoms with Crippen molar-refractivity contribution in [2.75, 3.05) is 5.32 Å². The van der Waals surface area contributed by atoms with Gasteiger partial charge in [-0.05, 0) is 62.4 Å². The molecule has 1 N–H and O–H groups in total. The van der Waals surface area contributed by atoms with E-state index in [2.05, 4.69) is 15.5 Å². The van der Waals surface area contributed by atoms with Crippen LogP contribution in [-0.4, -0.2) is 27.1 Å².